The molecule has 0 unspecified atom stereocenters. The van der Waals surface area contributed by atoms with Crippen molar-refractivity contribution < 1.29 is 9.59 Å². The van der Waals surface area contributed by atoms with Crippen LogP contribution in [0.4, 0.5) is 4.79 Å². The van der Waals surface area contributed by atoms with Gasteiger partial charge in [0.25, 0.3) is 0 Å². The second kappa shape index (κ2) is 6.95. The first-order valence-electron chi connectivity index (χ1n) is 10.5. The highest BCUT2D eigenvalue weighted by Crippen LogP contribution is 2.55. The molecule has 4 aliphatic rings. The Labute approximate surface area is 182 Å². The predicted octanol–water partition coefficient (Wildman–Crippen LogP) is 3.83. The van der Waals surface area contributed by atoms with Crippen LogP contribution >= 0.6 is 23.1 Å². The number of aromatic nitrogens is 3. The van der Waals surface area contributed by atoms with E-state index in [1.54, 1.807) is 11.3 Å². The van der Waals surface area contributed by atoms with Crippen LogP contribution < -0.4 is 10.6 Å². The molecule has 2 N–H and O–H groups in total. The van der Waals surface area contributed by atoms with Crippen molar-refractivity contribution in [3.05, 3.63) is 24.3 Å². The van der Waals surface area contributed by atoms with E-state index in [1.807, 2.05) is 28.7 Å². The van der Waals surface area contributed by atoms with Crippen LogP contribution in [0.2, 0.25) is 0 Å². The van der Waals surface area contributed by atoms with Crippen LogP contribution in [0.3, 0.4) is 0 Å². The average molecular weight is 442 g/mol. The van der Waals surface area contributed by atoms with E-state index in [9.17, 15) is 9.59 Å². The van der Waals surface area contributed by atoms with Gasteiger partial charge in [-0.3, -0.25) is 14.5 Å². The molecule has 4 bridgehead atoms. The number of thioether (sulfide) groups is 1. The van der Waals surface area contributed by atoms with Crippen LogP contribution in [0, 0.1) is 17.8 Å². The lowest BCUT2D eigenvalue weighted by atomic mass is 9.53. The Balaban J connectivity index is 1.09. The maximum absolute atomic E-state index is 12.6. The van der Waals surface area contributed by atoms with Crippen LogP contribution in [0.1, 0.15) is 38.5 Å². The van der Waals surface area contributed by atoms with Gasteiger partial charge < -0.3 is 5.32 Å². The molecule has 0 atom stereocenters. The Morgan fingerprint density at radius 2 is 1.80 bits per heavy atom. The molecule has 4 aliphatic carbocycles. The zero-order chi connectivity index (χ0) is 20.3. The number of para-hydroxylation sites is 1. The number of amides is 3. The summed E-state index contributed by atoms with van der Waals surface area (Å²) in [4.78, 5) is 25.8. The number of thiazole rings is 1. The van der Waals surface area contributed by atoms with Crippen molar-refractivity contribution in [2.75, 3.05) is 5.75 Å². The first-order chi connectivity index (χ1) is 14.6. The standard InChI is InChI=1S/C21H23N5O2S2/c27-17(11-29-19-24-25-20-26(19)15-3-1-2-4-16(15)30-20)22-18(28)23-21-8-12-5-13(9-21)7-14(6-12)10-21/h1-4,12-14H,5-11H2,(H2,22,23,27,28). The molecule has 1 aromatic carbocycles. The summed E-state index contributed by atoms with van der Waals surface area (Å²) >= 11 is 2.87. The summed E-state index contributed by atoms with van der Waals surface area (Å²) < 4.78 is 3.09. The van der Waals surface area contributed by atoms with Gasteiger partial charge in [-0.05, 0) is 68.4 Å². The molecule has 0 radical (unpaired) electrons. The predicted molar refractivity (Wildman–Crippen MR) is 117 cm³/mol. The zero-order valence-corrected chi connectivity index (χ0v) is 18.1. The minimum atomic E-state index is -0.352. The van der Waals surface area contributed by atoms with E-state index in [0.717, 1.165) is 52.2 Å². The van der Waals surface area contributed by atoms with Gasteiger partial charge in [0.1, 0.15) is 0 Å². The van der Waals surface area contributed by atoms with E-state index in [4.69, 9.17) is 0 Å². The molecule has 9 heteroatoms. The third-order valence-corrected chi connectivity index (χ3v) is 8.85. The van der Waals surface area contributed by atoms with Gasteiger partial charge in [0.15, 0.2) is 5.16 Å². The lowest BCUT2D eigenvalue weighted by Crippen LogP contribution is -2.61. The van der Waals surface area contributed by atoms with Gasteiger partial charge in [0, 0.05) is 5.54 Å². The summed E-state index contributed by atoms with van der Waals surface area (Å²) in [5.74, 6) is 2.06. The molecule has 30 heavy (non-hydrogen) atoms. The molecule has 7 nitrogen and oxygen atoms in total. The molecule has 0 spiro atoms. The Morgan fingerprint density at radius 1 is 1.10 bits per heavy atom. The number of carbonyl (C=O) groups excluding carboxylic acids is 2. The van der Waals surface area contributed by atoms with Crippen molar-refractivity contribution >= 4 is 50.2 Å². The zero-order valence-electron chi connectivity index (χ0n) is 16.5. The summed E-state index contributed by atoms with van der Waals surface area (Å²) in [6.45, 7) is 0. The van der Waals surface area contributed by atoms with Gasteiger partial charge in [-0.15, -0.1) is 10.2 Å². The van der Waals surface area contributed by atoms with E-state index in [2.05, 4.69) is 20.8 Å². The highest BCUT2D eigenvalue weighted by Gasteiger charge is 2.51. The molecule has 4 fully saturated rings. The fourth-order valence-electron chi connectivity index (χ4n) is 6.28. The second-order valence-corrected chi connectivity index (χ2v) is 11.1. The Bertz CT molecular complexity index is 1120. The fourth-order valence-corrected chi connectivity index (χ4v) is 8.05. The Kier molecular flexibility index (Phi) is 4.31. The number of benzene rings is 1. The summed E-state index contributed by atoms with van der Waals surface area (Å²) in [7, 11) is 0. The van der Waals surface area contributed by atoms with Crippen molar-refractivity contribution in [1.29, 1.82) is 0 Å². The molecular formula is C21H23N5O2S2. The molecular weight excluding hydrogens is 418 g/mol. The van der Waals surface area contributed by atoms with Crippen LogP contribution in [0.15, 0.2) is 29.4 Å². The molecule has 2 aromatic heterocycles. The highest BCUT2D eigenvalue weighted by atomic mass is 32.2. The number of hydrogen-bond donors (Lipinski definition) is 2. The normalized spacial score (nSPS) is 29.5. The highest BCUT2D eigenvalue weighted by molar-refractivity contribution is 7.99. The molecule has 156 valence electrons. The maximum atomic E-state index is 12.6. The van der Waals surface area contributed by atoms with Crippen molar-refractivity contribution in [3.63, 3.8) is 0 Å². The molecule has 2 heterocycles. The van der Waals surface area contributed by atoms with Crippen LogP contribution in [0.25, 0.3) is 15.2 Å². The van der Waals surface area contributed by atoms with Crippen molar-refractivity contribution in [1.82, 2.24) is 25.2 Å². The van der Waals surface area contributed by atoms with E-state index in [0.29, 0.717) is 5.16 Å². The summed E-state index contributed by atoms with van der Waals surface area (Å²) in [6, 6.07) is 7.68. The number of nitrogens with zero attached hydrogens (tertiary/aromatic N) is 3. The molecule has 0 saturated heterocycles. The van der Waals surface area contributed by atoms with Gasteiger partial charge in [-0.2, -0.15) is 0 Å². The number of hydrogen-bond acceptors (Lipinski definition) is 6. The second-order valence-electron chi connectivity index (χ2n) is 9.16. The Morgan fingerprint density at radius 3 is 2.53 bits per heavy atom. The van der Waals surface area contributed by atoms with Crippen LogP contribution in [-0.4, -0.2) is 37.8 Å². The third-order valence-electron chi connectivity index (χ3n) is 6.91. The van der Waals surface area contributed by atoms with Gasteiger partial charge in [0.2, 0.25) is 10.9 Å². The molecule has 0 aliphatic heterocycles. The number of imide groups is 1. The quantitative estimate of drug-likeness (QED) is 0.601. The van der Waals surface area contributed by atoms with E-state index in [1.165, 1.54) is 31.0 Å². The van der Waals surface area contributed by atoms with Crippen LogP contribution in [-0.2, 0) is 4.79 Å². The fraction of sp³-hybridized carbons (Fsp3) is 0.524. The first-order valence-corrected chi connectivity index (χ1v) is 12.3. The summed E-state index contributed by atoms with van der Waals surface area (Å²) in [5, 5.41) is 14.8. The minimum Gasteiger partial charge on any atom is -0.332 e. The van der Waals surface area contributed by atoms with E-state index >= 15 is 0 Å². The average Bonchev–Trinajstić information content (AvgIpc) is 3.24. The summed E-state index contributed by atoms with van der Waals surface area (Å²) in [6.07, 6.45) is 7.17. The topological polar surface area (TPSA) is 88.4 Å². The van der Waals surface area contributed by atoms with E-state index < -0.39 is 0 Å². The molecule has 3 amide bonds. The number of urea groups is 1. The van der Waals surface area contributed by atoms with Crippen molar-refractivity contribution in [3.8, 4) is 0 Å². The third kappa shape index (κ3) is 3.19. The van der Waals surface area contributed by atoms with Gasteiger partial charge in [-0.1, -0.05) is 35.2 Å². The van der Waals surface area contributed by atoms with E-state index in [-0.39, 0.29) is 23.2 Å². The molecule has 3 aromatic rings. The lowest BCUT2D eigenvalue weighted by molar-refractivity contribution is -0.117. The molecule has 4 saturated carbocycles. The maximum Gasteiger partial charge on any atom is 0.321 e. The monoisotopic (exact) mass is 441 g/mol. The van der Waals surface area contributed by atoms with Gasteiger partial charge in [0.05, 0.1) is 16.0 Å². The molecule has 7 rings (SSSR count). The smallest absolute Gasteiger partial charge is 0.321 e. The summed E-state index contributed by atoms with van der Waals surface area (Å²) in [5.41, 5.74) is 0.936. The number of carbonyl (C=O) groups is 2. The van der Waals surface area contributed by atoms with Gasteiger partial charge >= 0.3 is 6.03 Å². The number of rotatable bonds is 4. The largest absolute Gasteiger partial charge is 0.332 e. The van der Waals surface area contributed by atoms with Gasteiger partial charge in [-0.25, -0.2) is 4.79 Å². The number of nitrogens with one attached hydrogen (secondary N) is 2. The SMILES string of the molecule is O=C(CSc1nnc2sc3ccccc3n12)NC(=O)NC12CC3CC(CC(C3)C1)C2. The number of fused-ring (bicyclic) bond motifs is 3. The Hall–Kier alpha value is -2.13. The van der Waals surface area contributed by atoms with Crippen molar-refractivity contribution in [2.45, 2.75) is 49.2 Å². The minimum absolute atomic E-state index is 0.0962. The van der Waals surface area contributed by atoms with Crippen LogP contribution in [0.5, 0.6) is 0 Å². The first kappa shape index (κ1) is 18.6. The lowest BCUT2D eigenvalue weighted by Gasteiger charge is -2.56. The van der Waals surface area contributed by atoms with Crippen molar-refractivity contribution in [2.24, 2.45) is 17.8 Å².